The van der Waals surface area contributed by atoms with Crippen LogP contribution in [0, 0.1) is 5.92 Å². The lowest BCUT2D eigenvalue weighted by Crippen LogP contribution is -2.30. The van der Waals surface area contributed by atoms with Crippen molar-refractivity contribution in [2.75, 3.05) is 6.54 Å². The summed E-state index contributed by atoms with van der Waals surface area (Å²) in [5, 5.41) is 6.20. The lowest BCUT2D eigenvalue weighted by atomic mass is 10.0. The van der Waals surface area contributed by atoms with Gasteiger partial charge in [-0.1, -0.05) is 42.5 Å². The number of benzene rings is 1. The fraction of sp³-hybridized carbons (Fsp3) is 0.231. The maximum atomic E-state index is 3.50. The maximum absolute atomic E-state index is 3.50. The smallest absolute Gasteiger partial charge is 0.0257 e. The van der Waals surface area contributed by atoms with Crippen molar-refractivity contribution in [3.8, 4) is 0 Å². The quantitative estimate of drug-likeness (QED) is 0.626. The lowest BCUT2D eigenvalue weighted by molar-refractivity contribution is 0.815. The molecule has 1 aromatic rings. The molecule has 0 aromatic heterocycles. The average Bonchev–Trinajstić information content (AvgIpc) is 2.61. The highest BCUT2D eigenvalue weighted by molar-refractivity contribution is 5.56. The fourth-order valence-corrected chi connectivity index (χ4v) is 2.31. The zero-order chi connectivity index (χ0) is 9.38. The van der Waals surface area contributed by atoms with Gasteiger partial charge >= 0.3 is 0 Å². The van der Waals surface area contributed by atoms with Crippen molar-refractivity contribution < 1.29 is 0 Å². The number of nitrogens with one attached hydrogen (secondary N) is 1. The molecule has 1 aliphatic heterocycles. The third-order valence-electron chi connectivity index (χ3n) is 3.01. The number of rotatable bonds is 0. The third kappa shape index (κ3) is 1.09. The van der Waals surface area contributed by atoms with Gasteiger partial charge in [-0.05, 0) is 11.6 Å². The van der Waals surface area contributed by atoms with E-state index >= 15 is 0 Å². The van der Waals surface area contributed by atoms with E-state index in [0.29, 0.717) is 5.92 Å². The molecule has 1 atom stereocenters. The molecule has 2 aliphatic rings. The summed E-state index contributed by atoms with van der Waals surface area (Å²) in [7, 11) is 0. The summed E-state index contributed by atoms with van der Waals surface area (Å²) in [6.07, 6.45) is 7.91. The molecule has 0 radical (unpaired) electrons. The van der Waals surface area contributed by atoms with Crippen LogP contribution >= 0.6 is 0 Å². The second kappa shape index (κ2) is 3.02. The molecule has 0 bridgehead atoms. The minimum absolute atomic E-state index is 0.606. The molecular weight excluding hydrogens is 170 g/mol. The van der Waals surface area contributed by atoms with E-state index in [0.717, 1.165) is 6.54 Å². The molecular formula is C13H13N. The van der Waals surface area contributed by atoms with Gasteiger partial charge < -0.3 is 5.32 Å². The van der Waals surface area contributed by atoms with E-state index in [2.05, 4.69) is 47.8 Å². The molecule has 1 saturated heterocycles. The van der Waals surface area contributed by atoms with Crippen LogP contribution in [0.5, 0.6) is 0 Å². The van der Waals surface area contributed by atoms with Gasteiger partial charge in [-0.25, -0.2) is 0 Å². The van der Waals surface area contributed by atoms with E-state index in [1.807, 2.05) is 0 Å². The van der Waals surface area contributed by atoms with Crippen molar-refractivity contribution in [3.05, 3.63) is 46.9 Å². The van der Waals surface area contributed by atoms with Gasteiger partial charge in [0.15, 0.2) is 0 Å². The van der Waals surface area contributed by atoms with Gasteiger partial charge in [0.1, 0.15) is 0 Å². The summed E-state index contributed by atoms with van der Waals surface area (Å²) < 4.78 is 0. The van der Waals surface area contributed by atoms with E-state index in [4.69, 9.17) is 0 Å². The Hall–Kier alpha value is -1.50. The van der Waals surface area contributed by atoms with Crippen molar-refractivity contribution >= 4 is 11.8 Å². The molecule has 14 heavy (non-hydrogen) atoms. The van der Waals surface area contributed by atoms with E-state index in [-0.39, 0.29) is 0 Å². The Kier molecular flexibility index (Phi) is 1.69. The second-order valence-electron chi connectivity index (χ2n) is 3.87. The number of fused-ring (bicyclic) bond motifs is 2. The molecule has 1 heterocycles. The van der Waals surface area contributed by atoms with Gasteiger partial charge in [-0.15, -0.1) is 0 Å². The molecule has 0 amide bonds. The second-order valence-corrected chi connectivity index (χ2v) is 3.87. The Morgan fingerprint density at radius 2 is 2.14 bits per heavy atom. The predicted octanol–water partition coefficient (Wildman–Crippen LogP) is 0.755. The number of hydrogen-bond acceptors (Lipinski definition) is 1. The van der Waals surface area contributed by atoms with Crippen LogP contribution in [0.1, 0.15) is 6.42 Å². The van der Waals surface area contributed by atoms with Crippen molar-refractivity contribution in [2.24, 2.45) is 5.92 Å². The van der Waals surface area contributed by atoms with Crippen LogP contribution in [0.15, 0.2) is 36.4 Å². The average molecular weight is 183 g/mol. The standard InChI is InChI=1S/C13H13N/c1-2-7-12-10(4-1)5-3-6-11-8-9-14-13(11)12/h1-7,11,14H,8-9H2. The molecule has 3 rings (SSSR count). The fourth-order valence-electron chi connectivity index (χ4n) is 2.31. The van der Waals surface area contributed by atoms with Crippen LogP contribution in [0.4, 0.5) is 0 Å². The monoisotopic (exact) mass is 183 g/mol. The van der Waals surface area contributed by atoms with Gasteiger partial charge in [0.2, 0.25) is 0 Å². The molecule has 1 aromatic carbocycles. The Morgan fingerprint density at radius 1 is 1.21 bits per heavy atom. The summed E-state index contributed by atoms with van der Waals surface area (Å²) in [6, 6.07) is 8.59. The van der Waals surface area contributed by atoms with Crippen molar-refractivity contribution in [3.63, 3.8) is 0 Å². The van der Waals surface area contributed by atoms with Crippen molar-refractivity contribution in [2.45, 2.75) is 6.42 Å². The Balaban J connectivity index is 2.40. The first-order valence-corrected chi connectivity index (χ1v) is 5.17. The van der Waals surface area contributed by atoms with E-state index in [1.54, 1.807) is 0 Å². The summed E-state index contributed by atoms with van der Waals surface area (Å²) in [5.41, 5.74) is 1.41. The molecule has 1 fully saturated rings. The molecule has 1 heteroatoms. The first-order chi connectivity index (χ1) is 6.95. The van der Waals surface area contributed by atoms with E-state index < -0.39 is 0 Å². The SMILES string of the molecule is C1=CC2CCNC2=c2ccccc2=C1. The number of hydrogen-bond donors (Lipinski definition) is 1. The molecule has 0 spiro atoms. The zero-order valence-electron chi connectivity index (χ0n) is 8.03. The Bertz CT molecular complexity index is 496. The minimum Gasteiger partial charge on any atom is -0.387 e. The first-order valence-electron chi connectivity index (χ1n) is 5.17. The summed E-state index contributed by atoms with van der Waals surface area (Å²) in [5.74, 6) is 0.606. The largest absolute Gasteiger partial charge is 0.387 e. The highest BCUT2D eigenvalue weighted by atomic mass is 14.9. The molecule has 1 nitrogen and oxygen atoms in total. The Morgan fingerprint density at radius 3 is 3.14 bits per heavy atom. The van der Waals surface area contributed by atoms with Gasteiger partial charge in [0, 0.05) is 23.4 Å². The van der Waals surface area contributed by atoms with Gasteiger partial charge in [-0.2, -0.15) is 0 Å². The molecule has 1 unspecified atom stereocenters. The van der Waals surface area contributed by atoms with Gasteiger partial charge in [-0.3, -0.25) is 0 Å². The lowest BCUT2D eigenvalue weighted by Gasteiger charge is -2.04. The highest BCUT2D eigenvalue weighted by Gasteiger charge is 2.18. The normalized spacial score (nSPS) is 23.1. The number of allylic oxidation sites excluding steroid dienone is 1. The molecule has 1 aliphatic carbocycles. The van der Waals surface area contributed by atoms with E-state index in [1.165, 1.54) is 22.6 Å². The maximum Gasteiger partial charge on any atom is 0.0257 e. The van der Waals surface area contributed by atoms with Gasteiger partial charge in [0.25, 0.3) is 0 Å². The van der Waals surface area contributed by atoms with E-state index in [9.17, 15) is 0 Å². The van der Waals surface area contributed by atoms with Crippen LogP contribution in [0.25, 0.3) is 11.8 Å². The molecule has 1 N–H and O–H groups in total. The summed E-state index contributed by atoms with van der Waals surface area (Å²) in [4.78, 5) is 0. The van der Waals surface area contributed by atoms with Crippen molar-refractivity contribution in [1.82, 2.24) is 5.32 Å². The highest BCUT2D eigenvalue weighted by Crippen LogP contribution is 2.20. The molecule has 70 valence electrons. The van der Waals surface area contributed by atoms with Crippen LogP contribution in [0.2, 0.25) is 0 Å². The first kappa shape index (κ1) is 7.86. The van der Waals surface area contributed by atoms with Crippen LogP contribution in [-0.2, 0) is 0 Å². The van der Waals surface area contributed by atoms with Crippen molar-refractivity contribution in [1.29, 1.82) is 0 Å². The molecule has 0 saturated carbocycles. The third-order valence-corrected chi connectivity index (χ3v) is 3.01. The minimum atomic E-state index is 0.606. The topological polar surface area (TPSA) is 12.0 Å². The van der Waals surface area contributed by atoms with Crippen LogP contribution in [0.3, 0.4) is 0 Å². The summed E-state index contributed by atoms with van der Waals surface area (Å²) >= 11 is 0. The zero-order valence-corrected chi connectivity index (χ0v) is 8.03. The van der Waals surface area contributed by atoms with Crippen LogP contribution in [-0.4, -0.2) is 6.54 Å². The Labute approximate surface area is 83.5 Å². The summed E-state index contributed by atoms with van der Waals surface area (Å²) in [6.45, 7) is 1.11. The predicted molar refractivity (Wildman–Crippen MR) is 58.8 cm³/mol. The van der Waals surface area contributed by atoms with Crippen LogP contribution < -0.4 is 15.8 Å². The van der Waals surface area contributed by atoms with Gasteiger partial charge in [0.05, 0.1) is 0 Å².